The summed E-state index contributed by atoms with van der Waals surface area (Å²) in [5.41, 5.74) is 4.56. The maximum Gasteiger partial charge on any atom is 0.0972 e. The zero-order valence-corrected chi connectivity index (χ0v) is 12.4. The van der Waals surface area contributed by atoms with Gasteiger partial charge in [0.15, 0.2) is 0 Å². The number of hydrazine groups is 1. The maximum atomic E-state index is 4.21. The van der Waals surface area contributed by atoms with Crippen LogP contribution in [0.4, 0.5) is 0 Å². The lowest BCUT2D eigenvalue weighted by atomic mass is 9.97. The van der Waals surface area contributed by atoms with E-state index in [2.05, 4.69) is 61.7 Å². The molecule has 1 saturated heterocycles. The molecule has 19 heavy (non-hydrogen) atoms. The molecule has 1 N–H and O–H groups in total. The Morgan fingerprint density at radius 2 is 2.05 bits per heavy atom. The molecule has 104 valence electrons. The van der Waals surface area contributed by atoms with Gasteiger partial charge in [0.2, 0.25) is 0 Å². The lowest BCUT2D eigenvalue weighted by Gasteiger charge is -2.47. The number of rotatable bonds is 4. The van der Waals surface area contributed by atoms with E-state index < -0.39 is 0 Å². The zero-order chi connectivity index (χ0) is 14.0. The first-order valence-corrected chi connectivity index (χ1v) is 7.18. The van der Waals surface area contributed by atoms with Crippen LogP contribution in [-0.2, 0) is 0 Å². The Hall–Kier alpha value is -1.48. The van der Waals surface area contributed by atoms with Gasteiger partial charge >= 0.3 is 0 Å². The summed E-state index contributed by atoms with van der Waals surface area (Å²) in [7, 11) is 2.13. The topological polar surface area (TPSA) is 18.5 Å². The maximum absolute atomic E-state index is 4.21. The van der Waals surface area contributed by atoms with Gasteiger partial charge in [-0.2, -0.15) is 5.01 Å². The first kappa shape index (κ1) is 13.9. The fourth-order valence-electron chi connectivity index (χ4n) is 2.77. The minimum atomic E-state index is 0.324. The van der Waals surface area contributed by atoms with E-state index in [4.69, 9.17) is 0 Å². The third kappa shape index (κ3) is 2.47. The second-order valence-electron chi connectivity index (χ2n) is 5.22. The second-order valence-corrected chi connectivity index (χ2v) is 5.22. The molecule has 2 aliphatic rings. The normalized spacial score (nSPS) is 23.7. The van der Waals surface area contributed by atoms with E-state index in [1.54, 1.807) is 0 Å². The first-order valence-electron chi connectivity index (χ1n) is 7.18. The predicted molar refractivity (Wildman–Crippen MR) is 80.8 cm³/mol. The van der Waals surface area contributed by atoms with E-state index in [0.29, 0.717) is 6.17 Å². The molecular weight excluding hydrogens is 234 g/mol. The van der Waals surface area contributed by atoms with Crippen molar-refractivity contribution >= 4 is 0 Å². The molecule has 1 unspecified atom stereocenters. The average Bonchev–Trinajstić information content (AvgIpc) is 2.40. The molecule has 0 aromatic heterocycles. The molecule has 3 nitrogen and oxygen atoms in total. The Bertz CT molecular complexity index is 445. The summed E-state index contributed by atoms with van der Waals surface area (Å²) in [6, 6.07) is 0. The van der Waals surface area contributed by atoms with Crippen molar-refractivity contribution in [1.82, 2.24) is 15.3 Å². The predicted octanol–water partition coefficient (Wildman–Crippen LogP) is 3.52. The molecule has 0 spiro atoms. The number of nitrogens with one attached hydrogen (secondary N) is 1. The van der Waals surface area contributed by atoms with Crippen LogP contribution in [0.2, 0.25) is 0 Å². The van der Waals surface area contributed by atoms with Gasteiger partial charge in [-0.1, -0.05) is 39.8 Å². The molecule has 0 amide bonds. The van der Waals surface area contributed by atoms with Gasteiger partial charge in [0.1, 0.15) is 0 Å². The Kier molecular flexibility index (Phi) is 4.15. The molecule has 0 aromatic carbocycles. The van der Waals surface area contributed by atoms with Crippen LogP contribution in [0.15, 0.2) is 48.0 Å². The molecule has 2 rings (SSSR count). The zero-order valence-electron chi connectivity index (χ0n) is 12.4. The van der Waals surface area contributed by atoms with Crippen LogP contribution in [0.5, 0.6) is 0 Å². The highest BCUT2D eigenvalue weighted by molar-refractivity contribution is 5.50. The number of hydrogen-bond acceptors (Lipinski definition) is 3. The largest absolute Gasteiger partial charge is 0.367 e. The fraction of sp³-hybridized carbons (Fsp3) is 0.500. The van der Waals surface area contributed by atoms with E-state index >= 15 is 0 Å². The Morgan fingerprint density at radius 3 is 2.68 bits per heavy atom. The minimum Gasteiger partial charge on any atom is -0.367 e. The van der Waals surface area contributed by atoms with Crippen LogP contribution in [0, 0.1) is 0 Å². The molecule has 1 fully saturated rings. The third-order valence-corrected chi connectivity index (χ3v) is 3.92. The minimum absolute atomic E-state index is 0.324. The second kappa shape index (κ2) is 5.66. The third-order valence-electron chi connectivity index (χ3n) is 3.92. The highest BCUT2D eigenvalue weighted by Gasteiger charge is 2.32. The monoisotopic (exact) mass is 259 g/mol. The summed E-state index contributed by atoms with van der Waals surface area (Å²) in [6.45, 7) is 12.7. The van der Waals surface area contributed by atoms with Crippen molar-refractivity contribution in [3.05, 3.63) is 48.0 Å². The van der Waals surface area contributed by atoms with Gasteiger partial charge in [0.05, 0.1) is 17.6 Å². The van der Waals surface area contributed by atoms with Crippen molar-refractivity contribution in [3.63, 3.8) is 0 Å². The van der Waals surface area contributed by atoms with Gasteiger partial charge in [0.25, 0.3) is 0 Å². The van der Waals surface area contributed by atoms with Gasteiger partial charge in [-0.05, 0) is 30.1 Å². The van der Waals surface area contributed by atoms with Gasteiger partial charge in [-0.3, -0.25) is 5.01 Å². The molecule has 1 atom stereocenters. The average molecular weight is 259 g/mol. The molecule has 0 saturated carbocycles. The SMILES string of the molecule is C=C1C=CN2C(=C1CC)C(=C)NC(CCCC)N2C. The fourth-order valence-corrected chi connectivity index (χ4v) is 2.77. The van der Waals surface area contributed by atoms with Gasteiger partial charge in [-0.15, -0.1) is 0 Å². The molecule has 0 aliphatic carbocycles. The van der Waals surface area contributed by atoms with Crippen molar-refractivity contribution < 1.29 is 0 Å². The van der Waals surface area contributed by atoms with Crippen molar-refractivity contribution in [2.24, 2.45) is 0 Å². The number of hydrogen-bond donors (Lipinski definition) is 1. The summed E-state index contributed by atoms with van der Waals surface area (Å²) < 4.78 is 0. The van der Waals surface area contributed by atoms with Gasteiger partial charge in [-0.25, -0.2) is 0 Å². The van der Waals surface area contributed by atoms with Gasteiger partial charge < -0.3 is 5.32 Å². The van der Waals surface area contributed by atoms with E-state index in [1.807, 2.05) is 0 Å². The van der Waals surface area contributed by atoms with E-state index in [1.165, 1.54) is 24.1 Å². The quantitative estimate of drug-likeness (QED) is 0.833. The van der Waals surface area contributed by atoms with Crippen LogP contribution >= 0.6 is 0 Å². The number of nitrogens with zero attached hydrogens (tertiary/aromatic N) is 2. The molecule has 2 heterocycles. The molecule has 0 bridgehead atoms. The lowest BCUT2D eigenvalue weighted by molar-refractivity contribution is 0.000802. The molecule has 3 heteroatoms. The Morgan fingerprint density at radius 1 is 1.32 bits per heavy atom. The van der Waals surface area contributed by atoms with E-state index in [-0.39, 0.29) is 0 Å². The number of fused-ring (bicyclic) bond motifs is 1. The standard InChI is InChI=1S/C16H25N3/c1-6-8-9-15-17-13(4)16-14(7-2)12(3)10-11-19(16)18(15)5/h10-11,15,17H,3-4,6-9H2,1-2,5H3. The van der Waals surface area contributed by atoms with E-state index in [9.17, 15) is 0 Å². The highest BCUT2D eigenvalue weighted by atomic mass is 15.7. The summed E-state index contributed by atoms with van der Waals surface area (Å²) in [5.74, 6) is 0. The summed E-state index contributed by atoms with van der Waals surface area (Å²) in [6.07, 6.45) is 9.06. The number of allylic oxidation sites excluding steroid dienone is 3. The molecule has 2 aliphatic heterocycles. The summed E-state index contributed by atoms with van der Waals surface area (Å²) in [5, 5.41) is 8.02. The Labute approximate surface area is 116 Å². The van der Waals surface area contributed by atoms with Crippen LogP contribution in [-0.4, -0.2) is 23.2 Å². The Balaban J connectivity index is 2.29. The molecule has 0 aromatic rings. The van der Waals surface area contributed by atoms with Crippen LogP contribution in [0.25, 0.3) is 0 Å². The summed E-state index contributed by atoms with van der Waals surface area (Å²) in [4.78, 5) is 0. The van der Waals surface area contributed by atoms with Crippen LogP contribution in [0.1, 0.15) is 39.5 Å². The van der Waals surface area contributed by atoms with Crippen molar-refractivity contribution in [2.45, 2.75) is 45.7 Å². The van der Waals surface area contributed by atoms with Crippen LogP contribution < -0.4 is 5.32 Å². The molecular formula is C16H25N3. The highest BCUT2D eigenvalue weighted by Crippen LogP contribution is 2.34. The number of unbranched alkanes of at least 4 members (excludes halogenated alkanes) is 1. The molecule has 0 radical (unpaired) electrons. The lowest BCUT2D eigenvalue weighted by Crippen LogP contribution is -2.56. The van der Waals surface area contributed by atoms with Crippen molar-refractivity contribution in [3.8, 4) is 0 Å². The van der Waals surface area contributed by atoms with Crippen LogP contribution in [0.3, 0.4) is 0 Å². The first-order chi connectivity index (χ1) is 9.10. The van der Waals surface area contributed by atoms with Crippen molar-refractivity contribution in [2.75, 3.05) is 7.05 Å². The summed E-state index contributed by atoms with van der Waals surface area (Å²) >= 11 is 0. The van der Waals surface area contributed by atoms with Crippen molar-refractivity contribution in [1.29, 1.82) is 0 Å². The van der Waals surface area contributed by atoms with Gasteiger partial charge in [0, 0.05) is 13.2 Å². The van der Waals surface area contributed by atoms with E-state index in [0.717, 1.165) is 24.1 Å². The smallest absolute Gasteiger partial charge is 0.0972 e.